The minimum absolute atomic E-state index is 0.0885. The first kappa shape index (κ1) is 11.8. The Morgan fingerprint density at radius 3 is 2.13 bits per heavy atom. The van der Waals surface area contributed by atoms with Crippen LogP contribution >= 0.6 is 0 Å². The Bertz CT molecular complexity index is 221. The van der Waals surface area contributed by atoms with Gasteiger partial charge in [-0.2, -0.15) is 0 Å². The van der Waals surface area contributed by atoms with Gasteiger partial charge < -0.3 is 14.7 Å². The molecule has 86 valence electrons. The van der Waals surface area contributed by atoms with Crippen molar-refractivity contribution in [2.24, 2.45) is 0 Å². The lowest BCUT2D eigenvalue weighted by molar-refractivity contribution is -0.119. The van der Waals surface area contributed by atoms with E-state index in [2.05, 4.69) is 0 Å². The molecule has 0 radical (unpaired) electrons. The highest BCUT2D eigenvalue weighted by molar-refractivity contribution is 5.74. The first-order valence-corrected chi connectivity index (χ1v) is 5.46. The van der Waals surface area contributed by atoms with E-state index >= 15 is 0 Å². The van der Waals surface area contributed by atoms with E-state index < -0.39 is 0 Å². The van der Waals surface area contributed by atoms with E-state index in [0.29, 0.717) is 26.2 Å². The average Bonchev–Trinajstić information content (AvgIpc) is 2.30. The third kappa shape index (κ3) is 2.84. The van der Waals surface area contributed by atoms with E-state index in [-0.39, 0.29) is 6.03 Å². The van der Waals surface area contributed by atoms with Crippen LogP contribution in [0, 0.1) is 0 Å². The lowest BCUT2D eigenvalue weighted by Crippen LogP contribution is -2.52. The first-order valence-electron chi connectivity index (χ1n) is 5.46. The fourth-order valence-electron chi connectivity index (χ4n) is 1.71. The van der Waals surface area contributed by atoms with Gasteiger partial charge in [0.1, 0.15) is 0 Å². The van der Waals surface area contributed by atoms with Gasteiger partial charge in [-0.3, -0.25) is 4.79 Å². The Balaban J connectivity index is 2.45. The molecule has 1 aliphatic rings. The summed E-state index contributed by atoms with van der Waals surface area (Å²) < 4.78 is 0. The van der Waals surface area contributed by atoms with Crippen molar-refractivity contribution in [3.8, 4) is 0 Å². The van der Waals surface area contributed by atoms with Crippen LogP contribution in [0.4, 0.5) is 4.79 Å². The largest absolute Gasteiger partial charge is 0.342 e. The summed E-state index contributed by atoms with van der Waals surface area (Å²) in [6, 6.07) is 0.0885. The lowest BCUT2D eigenvalue weighted by atomic mass is 10.3. The molecule has 0 saturated carbocycles. The molecular weight excluding hydrogens is 194 g/mol. The molecule has 1 rings (SSSR count). The van der Waals surface area contributed by atoms with Crippen molar-refractivity contribution in [2.75, 3.05) is 39.3 Å². The maximum Gasteiger partial charge on any atom is 0.320 e. The molecule has 3 amide bonds. The number of piperazine rings is 1. The van der Waals surface area contributed by atoms with Gasteiger partial charge in [-0.15, -0.1) is 0 Å². The maximum atomic E-state index is 11.9. The summed E-state index contributed by atoms with van der Waals surface area (Å²) in [4.78, 5) is 27.7. The monoisotopic (exact) mass is 213 g/mol. The molecule has 0 atom stereocenters. The summed E-state index contributed by atoms with van der Waals surface area (Å²) in [5.74, 6) is 0. The molecule has 1 fully saturated rings. The zero-order chi connectivity index (χ0) is 11.3. The third-order valence-electron chi connectivity index (χ3n) is 2.77. The van der Waals surface area contributed by atoms with Crippen LogP contribution < -0.4 is 0 Å². The normalized spacial score (nSPS) is 16.4. The minimum Gasteiger partial charge on any atom is -0.342 e. The molecule has 0 N–H and O–H groups in total. The number of rotatable bonds is 3. The molecule has 5 nitrogen and oxygen atoms in total. The molecule has 0 aromatic heterocycles. The first-order chi connectivity index (χ1) is 7.22. The van der Waals surface area contributed by atoms with Crippen LogP contribution in [0.25, 0.3) is 0 Å². The lowest BCUT2D eigenvalue weighted by Gasteiger charge is -2.35. The van der Waals surface area contributed by atoms with Crippen molar-refractivity contribution in [1.29, 1.82) is 0 Å². The van der Waals surface area contributed by atoms with Crippen molar-refractivity contribution in [3.05, 3.63) is 0 Å². The van der Waals surface area contributed by atoms with Crippen molar-refractivity contribution >= 4 is 12.4 Å². The highest BCUT2D eigenvalue weighted by atomic mass is 16.2. The fourth-order valence-corrected chi connectivity index (χ4v) is 1.71. The van der Waals surface area contributed by atoms with Gasteiger partial charge >= 0.3 is 6.03 Å². The summed E-state index contributed by atoms with van der Waals surface area (Å²) in [7, 11) is 0. The van der Waals surface area contributed by atoms with Crippen LogP contribution in [-0.2, 0) is 4.79 Å². The van der Waals surface area contributed by atoms with Crippen molar-refractivity contribution < 1.29 is 9.59 Å². The van der Waals surface area contributed by atoms with Gasteiger partial charge in [0, 0.05) is 39.3 Å². The predicted octanol–water partition coefficient (Wildman–Crippen LogP) is 0.222. The van der Waals surface area contributed by atoms with E-state index in [1.54, 1.807) is 9.80 Å². The molecule has 0 unspecified atom stereocenters. The molecule has 1 heterocycles. The van der Waals surface area contributed by atoms with Crippen LogP contribution in [0.1, 0.15) is 13.8 Å². The SMILES string of the molecule is CCN(CC)C(=O)N1CCN(C=O)CC1. The summed E-state index contributed by atoms with van der Waals surface area (Å²) in [6.07, 6.45) is 0.846. The highest BCUT2D eigenvalue weighted by Crippen LogP contribution is 2.04. The van der Waals surface area contributed by atoms with Gasteiger partial charge in [-0.25, -0.2) is 4.79 Å². The van der Waals surface area contributed by atoms with Crippen LogP contribution in [0.5, 0.6) is 0 Å². The van der Waals surface area contributed by atoms with Crippen LogP contribution in [0.15, 0.2) is 0 Å². The van der Waals surface area contributed by atoms with Gasteiger partial charge in [-0.1, -0.05) is 0 Å². The summed E-state index contributed by atoms with van der Waals surface area (Å²) >= 11 is 0. The predicted molar refractivity (Wildman–Crippen MR) is 57.5 cm³/mol. The van der Waals surface area contributed by atoms with Gasteiger partial charge in [0.05, 0.1) is 0 Å². The zero-order valence-corrected chi connectivity index (χ0v) is 9.48. The third-order valence-corrected chi connectivity index (χ3v) is 2.77. The summed E-state index contributed by atoms with van der Waals surface area (Å²) in [6.45, 7) is 8.02. The van der Waals surface area contributed by atoms with Gasteiger partial charge in [0.25, 0.3) is 0 Å². The van der Waals surface area contributed by atoms with Gasteiger partial charge in [0.2, 0.25) is 6.41 Å². The summed E-state index contributed by atoms with van der Waals surface area (Å²) in [5, 5.41) is 0. The maximum absolute atomic E-state index is 11.9. The molecule has 0 aromatic rings. The summed E-state index contributed by atoms with van der Waals surface area (Å²) in [5.41, 5.74) is 0. The fraction of sp³-hybridized carbons (Fsp3) is 0.800. The molecular formula is C10H19N3O2. The molecule has 5 heteroatoms. The highest BCUT2D eigenvalue weighted by Gasteiger charge is 2.22. The molecule has 1 aliphatic heterocycles. The Hall–Kier alpha value is -1.26. The van der Waals surface area contributed by atoms with Crippen molar-refractivity contribution in [3.63, 3.8) is 0 Å². The van der Waals surface area contributed by atoms with Gasteiger partial charge in [0.15, 0.2) is 0 Å². The average molecular weight is 213 g/mol. The second-order valence-corrected chi connectivity index (χ2v) is 3.58. The van der Waals surface area contributed by atoms with E-state index in [1.807, 2.05) is 18.7 Å². The van der Waals surface area contributed by atoms with Crippen LogP contribution in [0.2, 0.25) is 0 Å². The molecule has 0 spiro atoms. The number of hydrogen-bond acceptors (Lipinski definition) is 2. The number of urea groups is 1. The topological polar surface area (TPSA) is 43.9 Å². The molecule has 15 heavy (non-hydrogen) atoms. The second-order valence-electron chi connectivity index (χ2n) is 3.58. The Labute approximate surface area is 90.6 Å². The zero-order valence-electron chi connectivity index (χ0n) is 9.48. The van der Waals surface area contributed by atoms with Crippen molar-refractivity contribution in [1.82, 2.24) is 14.7 Å². The Morgan fingerprint density at radius 1 is 1.20 bits per heavy atom. The molecule has 1 saturated heterocycles. The van der Waals surface area contributed by atoms with Gasteiger partial charge in [-0.05, 0) is 13.8 Å². The van der Waals surface area contributed by atoms with E-state index in [1.165, 1.54) is 0 Å². The van der Waals surface area contributed by atoms with Crippen LogP contribution in [-0.4, -0.2) is 66.4 Å². The number of hydrogen-bond donors (Lipinski definition) is 0. The minimum atomic E-state index is 0.0885. The molecule has 0 aliphatic carbocycles. The standard InChI is InChI=1S/C10H19N3O2/c1-3-12(4-2)10(15)13-7-5-11(9-14)6-8-13/h9H,3-8H2,1-2H3. The number of nitrogens with zero attached hydrogens (tertiary/aromatic N) is 3. The van der Waals surface area contributed by atoms with E-state index in [0.717, 1.165) is 19.5 Å². The smallest absolute Gasteiger partial charge is 0.320 e. The van der Waals surface area contributed by atoms with E-state index in [4.69, 9.17) is 0 Å². The molecule has 0 aromatic carbocycles. The van der Waals surface area contributed by atoms with Crippen molar-refractivity contribution in [2.45, 2.75) is 13.8 Å². The molecule has 0 bridgehead atoms. The quantitative estimate of drug-likeness (QED) is 0.630. The number of carbonyl (C=O) groups is 2. The Kier molecular flexibility index (Phi) is 4.39. The number of carbonyl (C=O) groups excluding carboxylic acids is 2. The van der Waals surface area contributed by atoms with E-state index in [9.17, 15) is 9.59 Å². The Morgan fingerprint density at radius 2 is 1.73 bits per heavy atom. The second kappa shape index (κ2) is 5.58. The van der Waals surface area contributed by atoms with Crippen LogP contribution in [0.3, 0.4) is 0 Å². The number of amides is 3.